The Kier molecular flexibility index (Phi) is 4.00. The topological polar surface area (TPSA) is 99.1 Å². The van der Waals surface area contributed by atoms with E-state index >= 15 is 0 Å². The number of carbonyl (C=O) groups is 3. The molecule has 0 bridgehead atoms. The van der Waals surface area contributed by atoms with Crippen LogP contribution in [0.15, 0.2) is 22.8 Å². The van der Waals surface area contributed by atoms with Crippen LogP contribution in [-0.4, -0.2) is 46.9 Å². The highest BCUT2D eigenvalue weighted by Gasteiger charge is 2.64. The van der Waals surface area contributed by atoms with E-state index < -0.39 is 53.6 Å². The van der Waals surface area contributed by atoms with Crippen LogP contribution in [0, 0.1) is 17.8 Å². The number of carbonyl (C=O) groups excluding carboxylic acids is 3. The fraction of sp³-hybridized carbons (Fsp3) is 0.650. The lowest BCUT2D eigenvalue weighted by Gasteiger charge is -2.34. The quantitative estimate of drug-likeness (QED) is 0.442. The highest BCUT2D eigenvalue weighted by molar-refractivity contribution is 5.94. The van der Waals surface area contributed by atoms with Crippen LogP contribution in [-0.2, 0) is 28.6 Å². The lowest BCUT2D eigenvalue weighted by molar-refractivity contribution is -0.151. The summed E-state index contributed by atoms with van der Waals surface area (Å²) in [7, 11) is 0. The first-order valence-electron chi connectivity index (χ1n) is 9.36. The van der Waals surface area contributed by atoms with E-state index in [1.165, 1.54) is 0 Å². The second-order valence-electron chi connectivity index (χ2n) is 8.25. The fourth-order valence-corrected chi connectivity index (χ4v) is 5.08. The molecule has 0 spiro atoms. The molecule has 2 fully saturated rings. The molecule has 2 aliphatic carbocycles. The molecule has 7 heteroatoms. The summed E-state index contributed by atoms with van der Waals surface area (Å²) in [6.07, 6.45) is 0.237. The molecule has 0 aromatic rings. The van der Waals surface area contributed by atoms with Crippen LogP contribution in [0.1, 0.15) is 40.5 Å². The minimum atomic E-state index is -1.17. The highest BCUT2D eigenvalue weighted by Crippen LogP contribution is 2.56. The van der Waals surface area contributed by atoms with Gasteiger partial charge in [0.05, 0.1) is 17.4 Å². The van der Waals surface area contributed by atoms with E-state index in [1.54, 1.807) is 33.8 Å². The van der Waals surface area contributed by atoms with E-state index in [2.05, 4.69) is 0 Å². The van der Waals surface area contributed by atoms with E-state index in [-0.39, 0.29) is 18.8 Å². The van der Waals surface area contributed by atoms with Crippen molar-refractivity contribution in [3.8, 4) is 0 Å². The van der Waals surface area contributed by atoms with Gasteiger partial charge in [0.25, 0.3) is 0 Å². The second kappa shape index (κ2) is 5.92. The van der Waals surface area contributed by atoms with E-state index in [0.29, 0.717) is 16.7 Å². The summed E-state index contributed by atoms with van der Waals surface area (Å²) in [4.78, 5) is 37.2. The van der Waals surface area contributed by atoms with Gasteiger partial charge in [-0.1, -0.05) is 13.0 Å². The summed E-state index contributed by atoms with van der Waals surface area (Å²) in [6, 6.07) is 0. The standard InChI is InChI=1S/C20H24O7/c1-5-8(2)17(21)25-11-6-10-14-12(26-19(10)23)7-20(4,24)15(14)16-13(11)9(3)18(22)27-16/h5,9,11-13,15-16,24H,6-7H2,1-4H3. The third-order valence-electron chi connectivity index (χ3n) is 6.55. The molecule has 4 aliphatic rings. The molecule has 7 atom stereocenters. The number of aliphatic hydroxyl groups is 1. The Morgan fingerprint density at radius 3 is 2.70 bits per heavy atom. The van der Waals surface area contributed by atoms with Crippen LogP contribution in [0.5, 0.6) is 0 Å². The zero-order valence-electron chi connectivity index (χ0n) is 15.9. The lowest BCUT2D eigenvalue weighted by atomic mass is 9.77. The van der Waals surface area contributed by atoms with Crippen molar-refractivity contribution >= 4 is 17.9 Å². The Bertz CT molecular complexity index is 790. The molecule has 1 saturated carbocycles. The largest absolute Gasteiger partial charge is 0.461 e. The average molecular weight is 376 g/mol. The molecule has 2 heterocycles. The number of esters is 3. The Labute approximate surface area is 157 Å². The zero-order chi connectivity index (χ0) is 19.7. The molecule has 0 radical (unpaired) electrons. The molecule has 27 heavy (non-hydrogen) atoms. The molecule has 146 valence electrons. The van der Waals surface area contributed by atoms with Crippen LogP contribution in [0.3, 0.4) is 0 Å². The highest BCUT2D eigenvalue weighted by atomic mass is 16.6. The van der Waals surface area contributed by atoms with Crippen molar-refractivity contribution in [2.24, 2.45) is 17.8 Å². The predicted molar refractivity (Wildman–Crippen MR) is 92.1 cm³/mol. The molecule has 4 rings (SSSR count). The van der Waals surface area contributed by atoms with Gasteiger partial charge in [-0.15, -0.1) is 0 Å². The summed E-state index contributed by atoms with van der Waals surface area (Å²) < 4.78 is 16.8. The van der Waals surface area contributed by atoms with Crippen LogP contribution < -0.4 is 0 Å². The van der Waals surface area contributed by atoms with Gasteiger partial charge in [-0.25, -0.2) is 9.59 Å². The lowest BCUT2D eigenvalue weighted by Crippen LogP contribution is -2.44. The molecule has 7 unspecified atom stereocenters. The maximum atomic E-state index is 12.4. The van der Waals surface area contributed by atoms with Crippen molar-refractivity contribution in [2.45, 2.75) is 64.4 Å². The van der Waals surface area contributed by atoms with Crippen molar-refractivity contribution in [2.75, 3.05) is 0 Å². The van der Waals surface area contributed by atoms with Crippen LogP contribution in [0.2, 0.25) is 0 Å². The molecule has 0 amide bonds. The molecular formula is C20H24O7. The molecule has 2 aliphatic heterocycles. The normalized spacial score (nSPS) is 43.1. The number of hydrogen-bond donors (Lipinski definition) is 1. The minimum Gasteiger partial charge on any atom is -0.461 e. The summed E-state index contributed by atoms with van der Waals surface area (Å²) in [5.41, 5.74) is 0.446. The molecule has 1 N–H and O–H groups in total. The van der Waals surface area contributed by atoms with Crippen LogP contribution in [0.4, 0.5) is 0 Å². The van der Waals surface area contributed by atoms with E-state index in [1.807, 2.05) is 0 Å². The van der Waals surface area contributed by atoms with Gasteiger partial charge in [0.15, 0.2) is 0 Å². The first-order chi connectivity index (χ1) is 12.7. The number of rotatable bonds is 2. The molecule has 7 nitrogen and oxygen atoms in total. The first-order valence-corrected chi connectivity index (χ1v) is 9.36. The molecule has 1 saturated heterocycles. The van der Waals surface area contributed by atoms with Crippen molar-refractivity contribution in [3.63, 3.8) is 0 Å². The van der Waals surface area contributed by atoms with Crippen molar-refractivity contribution in [1.82, 2.24) is 0 Å². The number of ether oxygens (including phenoxy) is 3. The van der Waals surface area contributed by atoms with Gasteiger partial charge in [-0.05, 0) is 26.3 Å². The smallest absolute Gasteiger partial charge is 0.334 e. The maximum Gasteiger partial charge on any atom is 0.334 e. The average Bonchev–Trinajstić information content (AvgIpc) is 3.08. The van der Waals surface area contributed by atoms with Gasteiger partial charge in [0.1, 0.15) is 18.3 Å². The Morgan fingerprint density at radius 1 is 1.33 bits per heavy atom. The third-order valence-corrected chi connectivity index (χ3v) is 6.55. The van der Waals surface area contributed by atoms with Crippen molar-refractivity contribution in [1.29, 1.82) is 0 Å². The molecular weight excluding hydrogens is 352 g/mol. The summed E-state index contributed by atoms with van der Waals surface area (Å²) in [5.74, 6) is -2.75. The number of hydrogen-bond acceptors (Lipinski definition) is 7. The third kappa shape index (κ3) is 2.55. The van der Waals surface area contributed by atoms with E-state index in [9.17, 15) is 19.5 Å². The van der Waals surface area contributed by atoms with Gasteiger partial charge < -0.3 is 19.3 Å². The van der Waals surface area contributed by atoms with Crippen LogP contribution >= 0.6 is 0 Å². The monoisotopic (exact) mass is 376 g/mol. The fourth-order valence-electron chi connectivity index (χ4n) is 5.08. The number of fused-ring (bicyclic) bond motifs is 2. The Balaban J connectivity index is 1.79. The summed E-state index contributed by atoms with van der Waals surface area (Å²) in [6.45, 7) is 6.81. The van der Waals surface area contributed by atoms with Crippen LogP contribution in [0.25, 0.3) is 0 Å². The van der Waals surface area contributed by atoms with E-state index in [0.717, 1.165) is 0 Å². The zero-order valence-corrected chi connectivity index (χ0v) is 15.9. The summed E-state index contributed by atoms with van der Waals surface area (Å²) >= 11 is 0. The van der Waals surface area contributed by atoms with Gasteiger partial charge in [-0.2, -0.15) is 0 Å². The van der Waals surface area contributed by atoms with Gasteiger partial charge in [-0.3, -0.25) is 4.79 Å². The van der Waals surface area contributed by atoms with Gasteiger partial charge >= 0.3 is 17.9 Å². The van der Waals surface area contributed by atoms with Gasteiger partial charge in [0, 0.05) is 29.9 Å². The van der Waals surface area contributed by atoms with Crippen molar-refractivity contribution in [3.05, 3.63) is 22.8 Å². The SMILES string of the molecule is CC=C(C)C(=O)OC1CC2=C3C(CC(C)(O)C3C3OC(=O)C(C)C13)OC2=O. The molecule has 0 aromatic carbocycles. The van der Waals surface area contributed by atoms with Crippen molar-refractivity contribution < 1.29 is 33.7 Å². The Morgan fingerprint density at radius 2 is 2.04 bits per heavy atom. The van der Waals surface area contributed by atoms with E-state index in [4.69, 9.17) is 14.2 Å². The number of allylic oxidation sites excluding steroid dienone is 1. The predicted octanol–water partition coefficient (Wildman–Crippen LogP) is 1.44. The van der Waals surface area contributed by atoms with Gasteiger partial charge in [0.2, 0.25) is 0 Å². The maximum absolute atomic E-state index is 12.4. The first kappa shape index (κ1) is 18.2. The summed E-state index contributed by atoms with van der Waals surface area (Å²) in [5, 5.41) is 11.0. The Hall–Kier alpha value is -2.15. The molecule has 0 aromatic heterocycles. The second-order valence-corrected chi connectivity index (χ2v) is 8.25. The minimum absolute atomic E-state index is 0.169.